The SMILES string of the molecule is c1ccc(CN2C[C@@H]3CC[C@H](C2)N(CCCn2cnnn2)C3)nc1. The third-order valence-electron chi connectivity index (χ3n) is 5.24. The highest BCUT2D eigenvalue weighted by atomic mass is 15.5. The highest BCUT2D eigenvalue weighted by Gasteiger charge is 2.34. The molecule has 24 heavy (non-hydrogen) atoms. The smallest absolute Gasteiger partial charge is 0.138 e. The third-order valence-corrected chi connectivity index (χ3v) is 5.24. The minimum absolute atomic E-state index is 0.682. The Balaban J connectivity index is 1.32. The zero-order valence-corrected chi connectivity index (χ0v) is 14.0. The zero-order valence-electron chi connectivity index (χ0n) is 14.0. The molecule has 0 amide bonds. The molecule has 5 rings (SSSR count). The van der Waals surface area contributed by atoms with Gasteiger partial charge in [-0.15, -0.1) is 5.10 Å². The van der Waals surface area contributed by atoms with Crippen molar-refractivity contribution in [2.75, 3.05) is 26.2 Å². The van der Waals surface area contributed by atoms with Crippen molar-refractivity contribution in [2.45, 2.75) is 38.4 Å². The van der Waals surface area contributed by atoms with Gasteiger partial charge in [0.25, 0.3) is 0 Å². The van der Waals surface area contributed by atoms with E-state index in [0.717, 1.165) is 38.5 Å². The Morgan fingerprint density at radius 2 is 2.08 bits per heavy atom. The summed E-state index contributed by atoms with van der Waals surface area (Å²) in [6.07, 6.45) is 7.39. The second-order valence-corrected chi connectivity index (χ2v) is 7.03. The van der Waals surface area contributed by atoms with Crippen LogP contribution in [0.25, 0.3) is 0 Å². The molecular formula is C17H25N7. The van der Waals surface area contributed by atoms with Crippen LogP contribution in [0.15, 0.2) is 30.7 Å². The summed E-state index contributed by atoms with van der Waals surface area (Å²) in [4.78, 5) is 9.79. The Morgan fingerprint density at radius 3 is 2.92 bits per heavy atom. The van der Waals surface area contributed by atoms with Crippen LogP contribution in [0, 0.1) is 5.92 Å². The first-order valence-corrected chi connectivity index (χ1v) is 8.94. The van der Waals surface area contributed by atoms with E-state index in [4.69, 9.17) is 0 Å². The lowest BCUT2D eigenvalue weighted by atomic mass is 9.95. The molecule has 3 fully saturated rings. The summed E-state index contributed by atoms with van der Waals surface area (Å²) in [6.45, 7) is 6.62. The fraction of sp³-hybridized carbons (Fsp3) is 0.647. The molecule has 2 aromatic heterocycles. The quantitative estimate of drug-likeness (QED) is 0.790. The lowest BCUT2D eigenvalue weighted by Crippen LogP contribution is -2.44. The van der Waals surface area contributed by atoms with Gasteiger partial charge in [0.15, 0.2) is 0 Å². The maximum atomic E-state index is 4.49. The predicted molar refractivity (Wildman–Crippen MR) is 90.0 cm³/mol. The zero-order chi connectivity index (χ0) is 16.2. The Labute approximate surface area is 142 Å². The summed E-state index contributed by atoms with van der Waals surface area (Å²) in [5.74, 6) is 0.792. The Morgan fingerprint density at radius 1 is 1.08 bits per heavy atom. The van der Waals surface area contributed by atoms with Crippen LogP contribution in [0.2, 0.25) is 0 Å². The van der Waals surface area contributed by atoms with Gasteiger partial charge >= 0.3 is 0 Å². The molecule has 3 saturated heterocycles. The average Bonchev–Trinajstić information content (AvgIpc) is 2.97. The monoisotopic (exact) mass is 327 g/mol. The van der Waals surface area contributed by atoms with E-state index in [0.29, 0.717) is 6.04 Å². The number of hydrogen-bond donors (Lipinski definition) is 0. The van der Waals surface area contributed by atoms with Crippen molar-refractivity contribution in [3.05, 3.63) is 36.4 Å². The van der Waals surface area contributed by atoms with Crippen LogP contribution in [0.4, 0.5) is 0 Å². The molecule has 2 bridgehead atoms. The van der Waals surface area contributed by atoms with Crippen LogP contribution >= 0.6 is 0 Å². The number of nitrogens with zero attached hydrogens (tertiary/aromatic N) is 7. The second-order valence-electron chi connectivity index (χ2n) is 7.03. The molecule has 0 aromatic carbocycles. The van der Waals surface area contributed by atoms with Gasteiger partial charge in [-0.1, -0.05) is 6.07 Å². The second kappa shape index (κ2) is 7.36. The van der Waals surface area contributed by atoms with Crippen molar-refractivity contribution in [1.29, 1.82) is 0 Å². The maximum Gasteiger partial charge on any atom is 0.138 e. The van der Waals surface area contributed by atoms with E-state index in [1.54, 1.807) is 6.33 Å². The van der Waals surface area contributed by atoms with Crippen molar-refractivity contribution >= 4 is 0 Å². The molecule has 128 valence electrons. The number of fused-ring (bicyclic) bond motifs is 4. The van der Waals surface area contributed by atoms with Crippen LogP contribution in [0.1, 0.15) is 25.0 Å². The first kappa shape index (κ1) is 15.7. The molecule has 0 unspecified atom stereocenters. The predicted octanol–water partition coefficient (Wildman–Crippen LogP) is 1.05. The summed E-state index contributed by atoms with van der Waals surface area (Å²) < 4.78 is 1.82. The van der Waals surface area contributed by atoms with E-state index in [9.17, 15) is 0 Å². The van der Waals surface area contributed by atoms with Gasteiger partial charge in [0.1, 0.15) is 6.33 Å². The number of pyridine rings is 1. The minimum Gasteiger partial charge on any atom is -0.299 e. The summed E-state index contributed by atoms with van der Waals surface area (Å²) in [6, 6.07) is 6.89. The van der Waals surface area contributed by atoms with Gasteiger partial charge in [-0.05, 0) is 47.7 Å². The van der Waals surface area contributed by atoms with Crippen molar-refractivity contribution < 1.29 is 0 Å². The van der Waals surface area contributed by atoms with Crippen LogP contribution in [-0.4, -0.2) is 67.2 Å². The van der Waals surface area contributed by atoms with Gasteiger partial charge in [0, 0.05) is 51.5 Å². The number of aryl methyl sites for hydroxylation is 1. The highest BCUT2D eigenvalue weighted by Crippen LogP contribution is 2.28. The highest BCUT2D eigenvalue weighted by molar-refractivity contribution is 5.04. The van der Waals surface area contributed by atoms with E-state index < -0.39 is 0 Å². The number of hydrogen-bond acceptors (Lipinski definition) is 6. The van der Waals surface area contributed by atoms with Crippen LogP contribution in [-0.2, 0) is 13.1 Å². The molecule has 0 spiro atoms. The Bertz CT molecular complexity index is 615. The molecule has 0 saturated carbocycles. The lowest BCUT2D eigenvalue weighted by molar-refractivity contribution is 0.127. The number of tetrazole rings is 1. The van der Waals surface area contributed by atoms with Crippen molar-refractivity contribution in [3.8, 4) is 0 Å². The Kier molecular flexibility index (Phi) is 4.80. The molecule has 3 aliphatic rings. The van der Waals surface area contributed by atoms with Gasteiger partial charge in [-0.2, -0.15) is 0 Å². The molecule has 3 aliphatic heterocycles. The first-order valence-electron chi connectivity index (χ1n) is 8.94. The van der Waals surface area contributed by atoms with Gasteiger partial charge in [-0.25, -0.2) is 4.68 Å². The van der Waals surface area contributed by atoms with E-state index in [-0.39, 0.29) is 0 Å². The van der Waals surface area contributed by atoms with Crippen LogP contribution < -0.4 is 0 Å². The Hall–Kier alpha value is -1.86. The summed E-state index contributed by atoms with van der Waals surface area (Å²) in [5, 5.41) is 11.3. The van der Waals surface area contributed by atoms with Crippen molar-refractivity contribution in [2.24, 2.45) is 5.92 Å². The molecule has 0 radical (unpaired) electrons. The molecular weight excluding hydrogens is 302 g/mol. The molecule has 7 heteroatoms. The molecule has 0 N–H and O–H groups in total. The summed E-state index contributed by atoms with van der Waals surface area (Å²) in [7, 11) is 0. The van der Waals surface area contributed by atoms with Gasteiger partial charge < -0.3 is 0 Å². The number of rotatable bonds is 6. The largest absolute Gasteiger partial charge is 0.299 e. The number of piperidine rings is 1. The third kappa shape index (κ3) is 3.79. The standard InChI is InChI=1S/C17H25N7/c1-2-7-18-16(4-1)12-22-10-15-5-6-17(13-22)23(11-15)8-3-9-24-14-19-20-21-24/h1-2,4,7,14-15,17H,3,5-6,8-13H2/t15-,17+/m0/s1. The van der Waals surface area contributed by atoms with Crippen molar-refractivity contribution in [3.63, 3.8) is 0 Å². The molecule has 7 nitrogen and oxygen atoms in total. The summed E-state index contributed by atoms with van der Waals surface area (Å²) in [5.41, 5.74) is 1.18. The molecule has 2 aromatic rings. The topological polar surface area (TPSA) is 63.0 Å². The summed E-state index contributed by atoms with van der Waals surface area (Å²) >= 11 is 0. The van der Waals surface area contributed by atoms with E-state index >= 15 is 0 Å². The fourth-order valence-electron chi connectivity index (χ4n) is 4.12. The van der Waals surface area contributed by atoms with Crippen LogP contribution in [0.3, 0.4) is 0 Å². The minimum atomic E-state index is 0.682. The number of aromatic nitrogens is 5. The van der Waals surface area contributed by atoms with Crippen LogP contribution in [0.5, 0.6) is 0 Å². The average molecular weight is 327 g/mol. The van der Waals surface area contributed by atoms with Gasteiger partial charge in [-0.3, -0.25) is 14.8 Å². The van der Waals surface area contributed by atoms with Gasteiger partial charge in [0.05, 0.1) is 5.69 Å². The normalized spacial score (nSPS) is 25.0. The fourth-order valence-corrected chi connectivity index (χ4v) is 4.12. The molecule has 2 atom stereocenters. The molecule has 0 aliphatic carbocycles. The van der Waals surface area contributed by atoms with E-state index in [2.05, 4.69) is 42.4 Å². The lowest BCUT2D eigenvalue weighted by Gasteiger charge is -2.36. The first-order chi connectivity index (χ1) is 11.9. The molecule has 5 heterocycles. The van der Waals surface area contributed by atoms with Crippen molar-refractivity contribution in [1.82, 2.24) is 35.0 Å². The van der Waals surface area contributed by atoms with Gasteiger partial charge in [0.2, 0.25) is 0 Å². The van der Waals surface area contributed by atoms with E-state index in [1.165, 1.54) is 31.6 Å². The maximum absolute atomic E-state index is 4.49. The van der Waals surface area contributed by atoms with E-state index in [1.807, 2.05) is 16.9 Å².